The molecule has 0 unspecified atom stereocenters. The van der Waals surface area contributed by atoms with Crippen molar-refractivity contribution in [3.05, 3.63) is 40.5 Å². The normalized spacial score (nSPS) is 11.3. The fourth-order valence-corrected chi connectivity index (χ4v) is 1.84. The average Bonchev–Trinajstić information content (AvgIpc) is 2.48. The zero-order valence-electron chi connectivity index (χ0n) is 13.0. The van der Waals surface area contributed by atoms with Gasteiger partial charge in [-0.05, 0) is 18.6 Å². The third-order valence-electron chi connectivity index (χ3n) is 2.98. The molecule has 0 bridgehead atoms. The lowest BCUT2D eigenvalue weighted by Crippen LogP contribution is -2.26. The van der Waals surface area contributed by atoms with Gasteiger partial charge in [-0.15, -0.1) is 0 Å². The zero-order chi connectivity index (χ0) is 18.1. The maximum absolute atomic E-state index is 13.0. The van der Waals surface area contributed by atoms with Gasteiger partial charge >= 0.3 is 12.3 Å². The van der Waals surface area contributed by atoms with Gasteiger partial charge in [-0.25, -0.2) is 9.78 Å². The number of amides is 1. The van der Waals surface area contributed by atoms with Crippen LogP contribution in [0.1, 0.15) is 11.3 Å². The second kappa shape index (κ2) is 6.64. The largest absolute Gasteiger partial charge is 0.433 e. The molecule has 0 atom stereocenters. The highest BCUT2D eigenvalue weighted by Gasteiger charge is 2.34. The first kappa shape index (κ1) is 18.0. The van der Waals surface area contributed by atoms with Crippen LogP contribution in [0.3, 0.4) is 0 Å². The van der Waals surface area contributed by atoms with E-state index in [1.54, 1.807) is 13.0 Å². The average molecular weight is 360 g/mol. The standard InChI is InChI=1S/C15H13ClF3N3O2/c1-8-4-5-9(6-10(8)16)13-20-11(15(17,18)19)7-12(21-13)24-14(23)22(2)3/h4-7H,1-3H3. The smallest absolute Gasteiger partial charge is 0.391 e. The van der Waals surface area contributed by atoms with E-state index in [4.69, 9.17) is 16.3 Å². The van der Waals surface area contributed by atoms with Crippen LogP contribution in [-0.4, -0.2) is 35.1 Å². The van der Waals surface area contributed by atoms with Gasteiger partial charge in [-0.3, -0.25) is 0 Å². The Bertz CT molecular complexity index is 779. The Morgan fingerprint density at radius 2 is 1.88 bits per heavy atom. The third-order valence-corrected chi connectivity index (χ3v) is 3.39. The minimum absolute atomic E-state index is 0.242. The van der Waals surface area contributed by atoms with Crippen LogP contribution >= 0.6 is 11.6 Å². The molecule has 0 spiro atoms. The minimum Gasteiger partial charge on any atom is -0.391 e. The molecule has 0 fully saturated rings. The number of nitrogens with zero attached hydrogens (tertiary/aromatic N) is 3. The van der Waals surface area contributed by atoms with E-state index in [1.165, 1.54) is 26.2 Å². The number of carbonyl (C=O) groups excluding carboxylic acids is 1. The van der Waals surface area contributed by atoms with Crippen LogP contribution in [-0.2, 0) is 6.18 Å². The quantitative estimate of drug-likeness (QED) is 0.807. The van der Waals surface area contributed by atoms with Gasteiger partial charge in [0.1, 0.15) is 0 Å². The van der Waals surface area contributed by atoms with Gasteiger partial charge in [-0.1, -0.05) is 23.7 Å². The van der Waals surface area contributed by atoms with Crippen molar-refractivity contribution in [1.29, 1.82) is 0 Å². The molecule has 9 heteroatoms. The molecule has 1 amide bonds. The summed E-state index contributed by atoms with van der Waals surface area (Å²) in [6.07, 6.45) is -5.57. The minimum atomic E-state index is -4.72. The first-order valence-electron chi connectivity index (χ1n) is 6.70. The van der Waals surface area contributed by atoms with Crippen molar-refractivity contribution in [2.45, 2.75) is 13.1 Å². The molecule has 0 radical (unpaired) electrons. The van der Waals surface area contributed by atoms with Crippen LogP contribution in [0, 0.1) is 6.92 Å². The van der Waals surface area contributed by atoms with Gasteiger partial charge in [0.2, 0.25) is 5.88 Å². The lowest BCUT2D eigenvalue weighted by atomic mass is 10.1. The summed E-state index contributed by atoms with van der Waals surface area (Å²) >= 11 is 5.99. The van der Waals surface area contributed by atoms with Gasteiger partial charge < -0.3 is 9.64 Å². The Labute approximate surface area is 141 Å². The molecule has 0 N–H and O–H groups in total. The molecule has 1 heterocycles. The number of carbonyl (C=O) groups is 1. The molecule has 1 aromatic heterocycles. The maximum Gasteiger partial charge on any atom is 0.433 e. The van der Waals surface area contributed by atoms with E-state index in [2.05, 4.69) is 9.97 Å². The van der Waals surface area contributed by atoms with E-state index in [1.807, 2.05) is 0 Å². The molecule has 1 aromatic carbocycles. The van der Waals surface area contributed by atoms with Crippen molar-refractivity contribution in [3.63, 3.8) is 0 Å². The Morgan fingerprint density at radius 1 is 1.21 bits per heavy atom. The number of hydrogen-bond acceptors (Lipinski definition) is 4. The lowest BCUT2D eigenvalue weighted by molar-refractivity contribution is -0.141. The van der Waals surface area contributed by atoms with Crippen molar-refractivity contribution >= 4 is 17.7 Å². The number of aromatic nitrogens is 2. The molecule has 2 rings (SSSR count). The number of aryl methyl sites for hydroxylation is 1. The Balaban J connectivity index is 2.54. The number of alkyl halides is 3. The number of hydrogen-bond donors (Lipinski definition) is 0. The van der Waals surface area contributed by atoms with Gasteiger partial charge in [0.05, 0.1) is 0 Å². The number of halogens is 4. The van der Waals surface area contributed by atoms with Crippen LogP contribution in [0.4, 0.5) is 18.0 Å². The Morgan fingerprint density at radius 3 is 2.42 bits per heavy atom. The summed E-state index contributed by atoms with van der Waals surface area (Å²) in [6.45, 7) is 1.75. The molecular weight excluding hydrogens is 347 g/mol. The predicted octanol–water partition coefficient (Wildman–Crippen LogP) is 4.18. The number of rotatable bonds is 2. The van der Waals surface area contributed by atoms with E-state index in [9.17, 15) is 18.0 Å². The van der Waals surface area contributed by atoms with Crippen LogP contribution in [0.5, 0.6) is 5.88 Å². The summed E-state index contributed by atoms with van der Waals surface area (Å²) < 4.78 is 43.9. The van der Waals surface area contributed by atoms with E-state index in [-0.39, 0.29) is 11.4 Å². The van der Waals surface area contributed by atoms with Crippen molar-refractivity contribution in [1.82, 2.24) is 14.9 Å². The number of benzene rings is 1. The molecule has 5 nitrogen and oxygen atoms in total. The summed E-state index contributed by atoms with van der Waals surface area (Å²) in [5.41, 5.74) is -0.184. The summed E-state index contributed by atoms with van der Waals surface area (Å²) in [6, 6.07) is 5.19. The second-order valence-corrected chi connectivity index (χ2v) is 5.55. The molecule has 0 saturated heterocycles. The Kier molecular flexibility index (Phi) is 4.98. The van der Waals surface area contributed by atoms with Crippen molar-refractivity contribution < 1.29 is 22.7 Å². The van der Waals surface area contributed by atoms with Crippen molar-refractivity contribution in [2.24, 2.45) is 0 Å². The zero-order valence-corrected chi connectivity index (χ0v) is 13.7. The fraction of sp³-hybridized carbons (Fsp3) is 0.267. The van der Waals surface area contributed by atoms with Crippen LogP contribution in [0.15, 0.2) is 24.3 Å². The van der Waals surface area contributed by atoms with Gasteiger partial charge in [0.25, 0.3) is 0 Å². The highest BCUT2D eigenvalue weighted by molar-refractivity contribution is 6.31. The summed E-state index contributed by atoms with van der Waals surface area (Å²) in [5.74, 6) is -0.740. The highest BCUT2D eigenvalue weighted by Crippen LogP contribution is 2.32. The molecule has 0 aliphatic rings. The molecule has 0 aliphatic carbocycles. The van der Waals surface area contributed by atoms with E-state index >= 15 is 0 Å². The topological polar surface area (TPSA) is 55.3 Å². The number of ether oxygens (including phenoxy) is 1. The summed E-state index contributed by atoms with van der Waals surface area (Å²) in [4.78, 5) is 20.0. The molecule has 24 heavy (non-hydrogen) atoms. The molecule has 128 valence electrons. The molecule has 0 aliphatic heterocycles. The maximum atomic E-state index is 13.0. The highest BCUT2D eigenvalue weighted by atomic mass is 35.5. The van der Waals surface area contributed by atoms with Crippen LogP contribution in [0.25, 0.3) is 11.4 Å². The first-order chi connectivity index (χ1) is 11.1. The van der Waals surface area contributed by atoms with Crippen LogP contribution < -0.4 is 4.74 Å². The van der Waals surface area contributed by atoms with Crippen molar-refractivity contribution in [3.8, 4) is 17.3 Å². The summed E-state index contributed by atoms with van der Waals surface area (Å²) in [5, 5.41) is 0.361. The van der Waals surface area contributed by atoms with Crippen molar-refractivity contribution in [2.75, 3.05) is 14.1 Å². The first-order valence-corrected chi connectivity index (χ1v) is 7.07. The summed E-state index contributed by atoms with van der Waals surface area (Å²) in [7, 11) is 2.80. The molecular formula is C15H13ClF3N3O2. The third kappa shape index (κ3) is 4.14. The second-order valence-electron chi connectivity index (χ2n) is 5.14. The monoisotopic (exact) mass is 359 g/mol. The van der Waals surface area contributed by atoms with E-state index in [0.29, 0.717) is 11.1 Å². The predicted molar refractivity (Wildman–Crippen MR) is 81.9 cm³/mol. The Hall–Kier alpha value is -2.35. The van der Waals surface area contributed by atoms with Gasteiger partial charge in [-0.2, -0.15) is 18.2 Å². The lowest BCUT2D eigenvalue weighted by Gasteiger charge is -2.13. The molecule has 2 aromatic rings. The fourth-order valence-electron chi connectivity index (χ4n) is 1.66. The van der Waals surface area contributed by atoms with Gasteiger partial charge in [0.15, 0.2) is 11.5 Å². The van der Waals surface area contributed by atoms with Gasteiger partial charge in [0, 0.05) is 30.7 Å². The van der Waals surface area contributed by atoms with E-state index in [0.717, 1.165) is 10.5 Å². The molecule has 0 saturated carbocycles. The van der Waals surface area contributed by atoms with Crippen LogP contribution in [0.2, 0.25) is 5.02 Å². The van der Waals surface area contributed by atoms with E-state index < -0.39 is 23.8 Å². The SMILES string of the molecule is Cc1ccc(-c2nc(OC(=O)N(C)C)cc(C(F)(F)F)n2)cc1Cl.